The summed E-state index contributed by atoms with van der Waals surface area (Å²) in [6.45, 7) is 10.9. The minimum atomic E-state index is 0.647. The molecule has 1 aliphatic carbocycles. The molecule has 2 rings (SSSR count). The van der Waals surface area contributed by atoms with Gasteiger partial charge >= 0.3 is 0 Å². The van der Waals surface area contributed by atoms with Gasteiger partial charge in [-0.25, -0.2) is 0 Å². The zero-order valence-corrected chi connectivity index (χ0v) is 12.6. The topological polar surface area (TPSA) is 12.0 Å². The predicted octanol–water partition coefficient (Wildman–Crippen LogP) is 4.53. The lowest BCUT2D eigenvalue weighted by Gasteiger charge is -2.28. The Kier molecular flexibility index (Phi) is 4.68. The maximum Gasteiger partial charge on any atom is 0.0258 e. The number of allylic oxidation sites excluding steroid dienone is 1. The molecule has 0 heterocycles. The summed E-state index contributed by atoms with van der Waals surface area (Å²) in [6.07, 6.45) is 6.27. The lowest BCUT2D eigenvalue weighted by atomic mass is 9.87. The van der Waals surface area contributed by atoms with Crippen LogP contribution in [0.3, 0.4) is 0 Å². The van der Waals surface area contributed by atoms with Gasteiger partial charge in [0.2, 0.25) is 0 Å². The molecule has 104 valence electrons. The van der Waals surface area contributed by atoms with E-state index in [1.807, 2.05) is 0 Å². The van der Waals surface area contributed by atoms with Crippen molar-refractivity contribution in [2.24, 2.45) is 5.92 Å². The van der Waals surface area contributed by atoms with Crippen LogP contribution in [-0.2, 0) is 6.42 Å². The Morgan fingerprint density at radius 2 is 1.89 bits per heavy atom. The quantitative estimate of drug-likeness (QED) is 0.835. The SMILES string of the molecule is C=C(Cc1cc(C)ccc1C)NC1CCC(C)CC1. The van der Waals surface area contributed by atoms with Crippen LogP contribution >= 0.6 is 0 Å². The molecule has 1 saturated carbocycles. The Morgan fingerprint density at radius 1 is 1.21 bits per heavy atom. The van der Waals surface area contributed by atoms with E-state index in [1.54, 1.807) is 0 Å². The zero-order valence-electron chi connectivity index (χ0n) is 12.6. The van der Waals surface area contributed by atoms with Crippen molar-refractivity contribution >= 4 is 0 Å². The van der Waals surface area contributed by atoms with E-state index in [1.165, 1.54) is 48.1 Å². The average Bonchev–Trinajstić information content (AvgIpc) is 2.37. The molecule has 19 heavy (non-hydrogen) atoms. The fraction of sp³-hybridized carbons (Fsp3) is 0.556. The van der Waals surface area contributed by atoms with E-state index in [4.69, 9.17) is 0 Å². The third-order valence-corrected chi connectivity index (χ3v) is 4.33. The van der Waals surface area contributed by atoms with E-state index >= 15 is 0 Å². The van der Waals surface area contributed by atoms with Crippen LogP contribution in [0.4, 0.5) is 0 Å². The largest absolute Gasteiger partial charge is 0.386 e. The summed E-state index contributed by atoms with van der Waals surface area (Å²) in [7, 11) is 0. The van der Waals surface area contributed by atoms with Crippen LogP contribution < -0.4 is 5.32 Å². The van der Waals surface area contributed by atoms with Gasteiger partial charge in [-0.15, -0.1) is 0 Å². The van der Waals surface area contributed by atoms with Crippen LogP contribution in [-0.4, -0.2) is 6.04 Å². The second-order valence-electron chi connectivity index (χ2n) is 6.31. The summed E-state index contributed by atoms with van der Waals surface area (Å²) < 4.78 is 0. The summed E-state index contributed by atoms with van der Waals surface area (Å²) in [5.41, 5.74) is 5.28. The Morgan fingerprint density at radius 3 is 2.58 bits per heavy atom. The van der Waals surface area contributed by atoms with Gasteiger partial charge in [0, 0.05) is 18.2 Å². The second-order valence-corrected chi connectivity index (χ2v) is 6.31. The van der Waals surface area contributed by atoms with Gasteiger partial charge in [-0.1, -0.05) is 37.3 Å². The molecule has 0 aliphatic heterocycles. The first-order chi connectivity index (χ1) is 9.04. The third kappa shape index (κ3) is 4.12. The maximum atomic E-state index is 4.22. The van der Waals surface area contributed by atoms with Crippen LogP contribution in [0.25, 0.3) is 0 Å². The highest BCUT2D eigenvalue weighted by molar-refractivity contribution is 5.33. The van der Waals surface area contributed by atoms with Crippen molar-refractivity contribution in [1.82, 2.24) is 5.32 Å². The summed E-state index contributed by atoms with van der Waals surface area (Å²) in [6, 6.07) is 7.32. The number of nitrogens with one attached hydrogen (secondary N) is 1. The number of aryl methyl sites for hydroxylation is 2. The molecule has 1 N–H and O–H groups in total. The predicted molar refractivity (Wildman–Crippen MR) is 83.3 cm³/mol. The highest BCUT2D eigenvalue weighted by Gasteiger charge is 2.18. The van der Waals surface area contributed by atoms with Gasteiger partial charge in [0.05, 0.1) is 0 Å². The van der Waals surface area contributed by atoms with Crippen molar-refractivity contribution in [2.75, 3.05) is 0 Å². The molecule has 1 aliphatic rings. The molecule has 1 fully saturated rings. The average molecular weight is 257 g/mol. The molecule has 0 amide bonds. The normalized spacial score (nSPS) is 23.1. The zero-order chi connectivity index (χ0) is 13.8. The van der Waals surface area contributed by atoms with Crippen LogP contribution in [0.15, 0.2) is 30.5 Å². The molecule has 1 heteroatoms. The van der Waals surface area contributed by atoms with Crippen molar-refractivity contribution in [1.29, 1.82) is 0 Å². The van der Waals surface area contributed by atoms with E-state index in [2.05, 4.69) is 50.9 Å². The van der Waals surface area contributed by atoms with Gasteiger partial charge < -0.3 is 5.32 Å². The highest BCUT2D eigenvalue weighted by Crippen LogP contribution is 2.24. The molecule has 1 nitrogen and oxygen atoms in total. The van der Waals surface area contributed by atoms with Gasteiger partial charge in [-0.3, -0.25) is 0 Å². The molecule has 0 bridgehead atoms. The van der Waals surface area contributed by atoms with E-state index in [9.17, 15) is 0 Å². The minimum absolute atomic E-state index is 0.647. The smallest absolute Gasteiger partial charge is 0.0258 e. The van der Waals surface area contributed by atoms with Gasteiger partial charge in [-0.05, 0) is 56.6 Å². The standard InChI is InChI=1S/C18H27N/c1-13-6-9-18(10-7-13)19-16(4)12-17-11-14(2)5-8-15(17)3/h5,8,11,13,18-19H,4,6-7,9-10,12H2,1-3H3. The van der Waals surface area contributed by atoms with Crippen LogP contribution in [0.2, 0.25) is 0 Å². The number of hydrogen-bond acceptors (Lipinski definition) is 1. The molecule has 1 aromatic rings. The van der Waals surface area contributed by atoms with Gasteiger partial charge in [0.25, 0.3) is 0 Å². The Hall–Kier alpha value is -1.24. The minimum Gasteiger partial charge on any atom is -0.386 e. The first-order valence-corrected chi connectivity index (χ1v) is 7.55. The Labute approximate surface area is 118 Å². The highest BCUT2D eigenvalue weighted by atomic mass is 14.9. The van der Waals surface area contributed by atoms with Crippen LogP contribution in [0.5, 0.6) is 0 Å². The molecule has 0 spiro atoms. The van der Waals surface area contributed by atoms with Crippen LogP contribution in [0, 0.1) is 19.8 Å². The summed E-state index contributed by atoms with van der Waals surface area (Å²) >= 11 is 0. The lowest BCUT2D eigenvalue weighted by Crippen LogP contribution is -2.32. The van der Waals surface area contributed by atoms with Crippen molar-refractivity contribution in [2.45, 2.75) is 58.9 Å². The molecule has 0 radical (unpaired) electrons. The molecule has 0 saturated heterocycles. The first-order valence-electron chi connectivity index (χ1n) is 7.55. The Bertz CT molecular complexity index is 439. The molecule has 0 atom stereocenters. The van der Waals surface area contributed by atoms with Crippen molar-refractivity contribution < 1.29 is 0 Å². The molecular formula is C18H27N. The van der Waals surface area contributed by atoms with Crippen molar-refractivity contribution in [3.8, 4) is 0 Å². The molecule has 0 unspecified atom stereocenters. The number of rotatable bonds is 4. The fourth-order valence-corrected chi connectivity index (χ4v) is 2.96. The third-order valence-electron chi connectivity index (χ3n) is 4.33. The fourth-order valence-electron chi connectivity index (χ4n) is 2.96. The van der Waals surface area contributed by atoms with E-state index in [0.29, 0.717) is 6.04 Å². The molecule has 0 aromatic heterocycles. The summed E-state index contributed by atoms with van der Waals surface area (Å²) in [5, 5.41) is 3.64. The van der Waals surface area contributed by atoms with E-state index in [-0.39, 0.29) is 0 Å². The lowest BCUT2D eigenvalue weighted by molar-refractivity contribution is 0.320. The summed E-state index contributed by atoms with van der Waals surface area (Å²) in [4.78, 5) is 0. The number of hydrogen-bond donors (Lipinski definition) is 1. The Balaban J connectivity index is 1.89. The number of benzene rings is 1. The van der Waals surface area contributed by atoms with Gasteiger partial charge in [0.1, 0.15) is 0 Å². The monoisotopic (exact) mass is 257 g/mol. The maximum absolute atomic E-state index is 4.22. The van der Waals surface area contributed by atoms with E-state index < -0.39 is 0 Å². The second kappa shape index (κ2) is 6.27. The first kappa shape index (κ1) is 14.2. The molecular weight excluding hydrogens is 230 g/mol. The van der Waals surface area contributed by atoms with Gasteiger partial charge in [-0.2, -0.15) is 0 Å². The van der Waals surface area contributed by atoms with Crippen LogP contribution in [0.1, 0.15) is 49.3 Å². The van der Waals surface area contributed by atoms with Gasteiger partial charge in [0.15, 0.2) is 0 Å². The molecule has 1 aromatic carbocycles. The summed E-state index contributed by atoms with van der Waals surface area (Å²) in [5.74, 6) is 0.908. The van der Waals surface area contributed by atoms with Crippen molar-refractivity contribution in [3.05, 3.63) is 47.2 Å². The van der Waals surface area contributed by atoms with Crippen molar-refractivity contribution in [3.63, 3.8) is 0 Å². The van der Waals surface area contributed by atoms with E-state index in [0.717, 1.165) is 12.3 Å².